The maximum Gasteiger partial charge on any atom is 0.416 e. The lowest BCUT2D eigenvalue weighted by atomic mass is 10.2. The number of benzene rings is 2. The fourth-order valence-corrected chi connectivity index (χ4v) is 2.45. The van der Waals surface area contributed by atoms with Gasteiger partial charge in [0.1, 0.15) is 23.4 Å². The molecule has 1 N–H and O–H groups in total. The van der Waals surface area contributed by atoms with Crippen molar-refractivity contribution in [1.82, 2.24) is 0 Å². The summed E-state index contributed by atoms with van der Waals surface area (Å²) in [6, 6.07) is 9.18. The molecule has 1 aliphatic rings. The molecule has 25 heavy (non-hydrogen) atoms. The molecule has 0 aromatic heterocycles. The number of carboxylic acids is 1. The van der Waals surface area contributed by atoms with E-state index in [1.54, 1.807) is 18.2 Å². The maximum absolute atomic E-state index is 12.6. The predicted octanol–water partition coefficient (Wildman–Crippen LogP) is 5.00. The van der Waals surface area contributed by atoms with Gasteiger partial charge in [0.2, 0.25) is 0 Å². The van der Waals surface area contributed by atoms with Gasteiger partial charge in [0.05, 0.1) is 16.5 Å². The topological polar surface area (TPSA) is 55.8 Å². The number of hydrogen-bond acceptors (Lipinski definition) is 3. The van der Waals surface area contributed by atoms with Crippen molar-refractivity contribution < 1.29 is 32.5 Å². The number of aliphatic carboxylic acids is 1. The molecule has 3 rings (SSSR count). The van der Waals surface area contributed by atoms with Crippen molar-refractivity contribution in [2.24, 2.45) is 5.92 Å². The Morgan fingerprint density at radius 2 is 1.88 bits per heavy atom. The van der Waals surface area contributed by atoms with E-state index in [1.807, 2.05) is 0 Å². The highest BCUT2D eigenvalue weighted by atomic mass is 35.5. The Balaban J connectivity index is 1.71. The van der Waals surface area contributed by atoms with E-state index < -0.39 is 23.6 Å². The number of ether oxygens (including phenoxy) is 2. The minimum Gasteiger partial charge on any atom is -0.489 e. The Labute approximate surface area is 145 Å². The Hall–Kier alpha value is -2.41. The number of halogens is 4. The molecular weight excluding hydrogens is 361 g/mol. The molecule has 1 aliphatic carbocycles. The van der Waals surface area contributed by atoms with E-state index >= 15 is 0 Å². The summed E-state index contributed by atoms with van der Waals surface area (Å²) in [4.78, 5) is 10.8. The zero-order valence-corrected chi connectivity index (χ0v) is 13.3. The smallest absolute Gasteiger partial charge is 0.416 e. The van der Waals surface area contributed by atoms with Crippen LogP contribution in [0.3, 0.4) is 0 Å². The normalized spacial score (nSPS) is 19.4. The lowest BCUT2D eigenvalue weighted by molar-refractivity contribution is -0.139. The predicted molar refractivity (Wildman–Crippen MR) is 83.1 cm³/mol. The summed E-state index contributed by atoms with van der Waals surface area (Å²) in [6.45, 7) is 0. The summed E-state index contributed by atoms with van der Waals surface area (Å²) in [5.41, 5.74) is -0.865. The van der Waals surface area contributed by atoms with E-state index in [-0.39, 0.29) is 16.9 Å². The molecule has 0 bridgehead atoms. The monoisotopic (exact) mass is 372 g/mol. The summed E-state index contributed by atoms with van der Waals surface area (Å²) in [6.07, 6.45) is -4.44. The quantitative estimate of drug-likeness (QED) is 0.802. The molecular formula is C17H12ClF3O4. The zero-order valence-electron chi connectivity index (χ0n) is 12.6. The summed E-state index contributed by atoms with van der Waals surface area (Å²) in [7, 11) is 0. The molecule has 4 nitrogen and oxygen atoms in total. The lowest BCUT2D eigenvalue weighted by Crippen LogP contribution is -2.07. The summed E-state index contributed by atoms with van der Waals surface area (Å²) < 4.78 is 48.9. The van der Waals surface area contributed by atoms with Gasteiger partial charge in [-0.15, -0.1) is 0 Å². The van der Waals surface area contributed by atoms with Crippen molar-refractivity contribution in [2.45, 2.75) is 18.7 Å². The SMILES string of the molecule is O=C(O)C1C[C@H]1Oc1cccc(Oc2ccc(C(F)(F)F)cc2Cl)c1. The van der Waals surface area contributed by atoms with Crippen LogP contribution in [0.15, 0.2) is 42.5 Å². The van der Waals surface area contributed by atoms with E-state index in [4.69, 9.17) is 26.2 Å². The van der Waals surface area contributed by atoms with Crippen LogP contribution in [-0.4, -0.2) is 17.2 Å². The van der Waals surface area contributed by atoms with E-state index in [2.05, 4.69) is 0 Å². The number of carbonyl (C=O) groups is 1. The van der Waals surface area contributed by atoms with Gasteiger partial charge in [-0.2, -0.15) is 13.2 Å². The Morgan fingerprint density at radius 3 is 2.48 bits per heavy atom. The summed E-state index contributed by atoms with van der Waals surface area (Å²) in [5, 5.41) is 8.69. The van der Waals surface area contributed by atoms with Crippen LogP contribution < -0.4 is 9.47 Å². The average Bonchev–Trinajstić information content (AvgIpc) is 3.28. The van der Waals surface area contributed by atoms with Gasteiger partial charge in [-0.05, 0) is 30.3 Å². The van der Waals surface area contributed by atoms with Crippen LogP contribution in [0.4, 0.5) is 13.2 Å². The summed E-state index contributed by atoms with van der Waals surface area (Å²) >= 11 is 5.85. The van der Waals surface area contributed by atoms with E-state index in [9.17, 15) is 18.0 Å². The highest BCUT2D eigenvalue weighted by Gasteiger charge is 2.45. The molecule has 0 aliphatic heterocycles. The molecule has 1 saturated carbocycles. The van der Waals surface area contributed by atoms with Gasteiger partial charge in [0, 0.05) is 12.5 Å². The molecule has 0 saturated heterocycles. The molecule has 1 fully saturated rings. The van der Waals surface area contributed by atoms with E-state index in [0.717, 1.165) is 18.2 Å². The molecule has 8 heteroatoms. The molecule has 132 valence electrons. The van der Waals surface area contributed by atoms with Crippen molar-refractivity contribution in [2.75, 3.05) is 0 Å². The largest absolute Gasteiger partial charge is 0.489 e. The highest BCUT2D eigenvalue weighted by Crippen LogP contribution is 2.38. The second-order valence-corrected chi connectivity index (χ2v) is 5.96. The van der Waals surface area contributed by atoms with Crippen LogP contribution in [0.1, 0.15) is 12.0 Å². The minimum atomic E-state index is -4.49. The van der Waals surface area contributed by atoms with Crippen LogP contribution in [0.5, 0.6) is 17.2 Å². The van der Waals surface area contributed by atoms with Crippen LogP contribution >= 0.6 is 11.6 Å². The van der Waals surface area contributed by atoms with E-state index in [1.165, 1.54) is 6.07 Å². The first-order chi connectivity index (χ1) is 11.7. The van der Waals surface area contributed by atoms with Crippen LogP contribution in [0.2, 0.25) is 5.02 Å². The first-order valence-corrected chi connectivity index (χ1v) is 7.66. The minimum absolute atomic E-state index is 0.0710. The molecule has 0 amide bonds. The molecule has 0 spiro atoms. The van der Waals surface area contributed by atoms with Gasteiger partial charge in [-0.3, -0.25) is 4.79 Å². The zero-order chi connectivity index (χ0) is 18.2. The standard InChI is InChI=1S/C17H12ClF3O4/c18-13-6-9(17(19,20)21)4-5-14(13)24-10-2-1-3-11(7-10)25-15-8-12(15)16(22)23/h1-7,12,15H,8H2,(H,22,23)/t12?,15-/m1/s1. The molecule has 2 aromatic carbocycles. The third kappa shape index (κ3) is 4.17. The molecule has 2 aromatic rings. The fourth-order valence-electron chi connectivity index (χ4n) is 2.23. The Morgan fingerprint density at radius 1 is 1.16 bits per heavy atom. The van der Waals surface area contributed by atoms with Gasteiger partial charge in [-0.25, -0.2) is 0 Å². The van der Waals surface area contributed by atoms with Crippen LogP contribution in [0, 0.1) is 5.92 Å². The van der Waals surface area contributed by atoms with Crippen LogP contribution in [-0.2, 0) is 11.0 Å². The average molecular weight is 373 g/mol. The van der Waals surface area contributed by atoms with Crippen molar-refractivity contribution in [3.63, 3.8) is 0 Å². The fraction of sp³-hybridized carbons (Fsp3) is 0.235. The number of hydrogen-bond donors (Lipinski definition) is 1. The number of rotatable bonds is 5. The Kier molecular flexibility index (Phi) is 4.51. The first-order valence-electron chi connectivity index (χ1n) is 7.28. The van der Waals surface area contributed by atoms with Gasteiger partial charge in [-0.1, -0.05) is 17.7 Å². The van der Waals surface area contributed by atoms with Crippen molar-refractivity contribution in [1.29, 1.82) is 0 Å². The van der Waals surface area contributed by atoms with Gasteiger partial charge >= 0.3 is 12.1 Å². The second-order valence-electron chi connectivity index (χ2n) is 5.56. The van der Waals surface area contributed by atoms with E-state index in [0.29, 0.717) is 17.9 Å². The molecule has 0 heterocycles. The van der Waals surface area contributed by atoms with Crippen molar-refractivity contribution >= 4 is 17.6 Å². The second kappa shape index (κ2) is 6.48. The Bertz CT molecular complexity index is 807. The third-order valence-electron chi connectivity index (χ3n) is 3.63. The van der Waals surface area contributed by atoms with Gasteiger partial charge in [0.15, 0.2) is 0 Å². The highest BCUT2D eigenvalue weighted by molar-refractivity contribution is 6.32. The molecule has 0 radical (unpaired) electrons. The van der Waals surface area contributed by atoms with Gasteiger partial charge in [0.25, 0.3) is 0 Å². The molecule has 1 unspecified atom stereocenters. The number of alkyl halides is 3. The molecule has 2 atom stereocenters. The number of carboxylic acid groups (broad SMARTS) is 1. The van der Waals surface area contributed by atoms with Crippen molar-refractivity contribution in [3.8, 4) is 17.2 Å². The summed E-state index contributed by atoms with van der Waals surface area (Å²) in [5.74, 6) is -0.634. The maximum atomic E-state index is 12.6. The first kappa shape index (κ1) is 17.4. The van der Waals surface area contributed by atoms with Crippen molar-refractivity contribution in [3.05, 3.63) is 53.1 Å². The lowest BCUT2D eigenvalue weighted by Gasteiger charge is -2.12. The van der Waals surface area contributed by atoms with Gasteiger partial charge < -0.3 is 14.6 Å². The van der Waals surface area contributed by atoms with Crippen LogP contribution in [0.25, 0.3) is 0 Å². The third-order valence-corrected chi connectivity index (χ3v) is 3.92.